The average molecular weight is 167 g/mol. The van der Waals surface area contributed by atoms with Crippen LogP contribution in [0.4, 0.5) is 0 Å². The van der Waals surface area contributed by atoms with Gasteiger partial charge in [-0.3, -0.25) is 0 Å². The number of H-pyrrole nitrogens is 1. The van der Waals surface area contributed by atoms with Crippen molar-refractivity contribution in [2.45, 2.75) is 33.2 Å². The van der Waals surface area contributed by atoms with Gasteiger partial charge in [0.25, 0.3) is 0 Å². The van der Waals surface area contributed by atoms with Crippen molar-refractivity contribution in [2.24, 2.45) is 11.7 Å². The lowest BCUT2D eigenvalue weighted by atomic mass is 10.0. The first kappa shape index (κ1) is 9.26. The van der Waals surface area contributed by atoms with Crippen molar-refractivity contribution in [3.8, 4) is 0 Å². The molecule has 0 aromatic carbocycles. The fourth-order valence-electron chi connectivity index (χ4n) is 1.07. The predicted molar refractivity (Wildman–Crippen MR) is 49.8 cm³/mol. The summed E-state index contributed by atoms with van der Waals surface area (Å²) in [5.41, 5.74) is 7.04. The van der Waals surface area contributed by atoms with E-state index in [-0.39, 0.29) is 6.04 Å². The second kappa shape index (κ2) is 3.72. The summed E-state index contributed by atoms with van der Waals surface area (Å²) >= 11 is 0. The van der Waals surface area contributed by atoms with E-state index in [1.165, 1.54) is 0 Å². The van der Waals surface area contributed by atoms with Crippen LogP contribution in [0.25, 0.3) is 0 Å². The molecule has 12 heavy (non-hydrogen) atoms. The Bertz CT molecular complexity index is 240. The maximum absolute atomic E-state index is 5.91. The normalized spacial score (nSPS) is 13.8. The number of nitrogens with two attached hydrogens (primary N) is 1. The van der Waals surface area contributed by atoms with Crippen LogP contribution >= 0.6 is 0 Å². The zero-order valence-electron chi connectivity index (χ0n) is 7.96. The molecule has 1 aromatic heterocycles. The fraction of sp³-hybridized carbons (Fsp3) is 0.667. The van der Waals surface area contributed by atoms with Gasteiger partial charge in [-0.1, -0.05) is 13.8 Å². The van der Waals surface area contributed by atoms with Gasteiger partial charge in [-0.15, -0.1) is 0 Å². The molecule has 3 heteroatoms. The molecule has 0 aliphatic carbocycles. The van der Waals surface area contributed by atoms with Crippen LogP contribution in [0.5, 0.6) is 0 Å². The highest BCUT2D eigenvalue weighted by atomic mass is 14.9. The molecular formula is C9H17N3. The van der Waals surface area contributed by atoms with Gasteiger partial charge in [0.1, 0.15) is 5.82 Å². The number of nitrogens with one attached hydrogen (secondary N) is 1. The molecule has 1 rings (SSSR count). The molecular weight excluding hydrogens is 150 g/mol. The maximum Gasteiger partial charge on any atom is 0.103 e. The van der Waals surface area contributed by atoms with Crippen LogP contribution in [0.1, 0.15) is 25.4 Å². The summed E-state index contributed by atoms with van der Waals surface area (Å²) in [6, 6.07) is 0.227. The van der Waals surface area contributed by atoms with Crippen LogP contribution in [0.15, 0.2) is 6.20 Å². The van der Waals surface area contributed by atoms with E-state index in [1.807, 2.05) is 13.1 Å². The fourth-order valence-corrected chi connectivity index (χ4v) is 1.07. The topological polar surface area (TPSA) is 54.7 Å². The highest BCUT2D eigenvalue weighted by Crippen LogP contribution is 2.05. The van der Waals surface area contributed by atoms with Crippen molar-refractivity contribution in [1.29, 1.82) is 0 Å². The first-order valence-corrected chi connectivity index (χ1v) is 4.35. The van der Waals surface area contributed by atoms with E-state index >= 15 is 0 Å². The third kappa shape index (κ3) is 2.34. The van der Waals surface area contributed by atoms with Crippen molar-refractivity contribution >= 4 is 0 Å². The van der Waals surface area contributed by atoms with E-state index in [0.717, 1.165) is 17.9 Å². The summed E-state index contributed by atoms with van der Waals surface area (Å²) in [6.07, 6.45) is 2.75. The highest BCUT2D eigenvalue weighted by Gasteiger charge is 2.09. The molecule has 0 spiro atoms. The Morgan fingerprint density at radius 2 is 2.25 bits per heavy atom. The first-order chi connectivity index (χ1) is 5.59. The van der Waals surface area contributed by atoms with Gasteiger partial charge in [0, 0.05) is 24.4 Å². The molecule has 0 saturated heterocycles. The van der Waals surface area contributed by atoms with Gasteiger partial charge in [0.05, 0.1) is 0 Å². The van der Waals surface area contributed by atoms with E-state index < -0.39 is 0 Å². The molecule has 0 saturated carbocycles. The molecule has 0 radical (unpaired) electrons. The minimum Gasteiger partial charge on any atom is -0.346 e. The lowest BCUT2D eigenvalue weighted by Crippen LogP contribution is -2.28. The van der Waals surface area contributed by atoms with Crippen LogP contribution < -0.4 is 5.73 Å². The SMILES string of the molecule is Cc1ncc(CC(N)C(C)C)[nH]1. The number of hydrogen-bond donors (Lipinski definition) is 2. The zero-order chi connectivity index (χ0) is 9.14. The first-order valence-electron chi connectivity index (χ1n) is 4.35. The van der Waals surface area contributed by atoms with Gasteiger partial charge in [0.15, 0.2) is 0 Å². The standard InChI is InChI=1S/C9H17N3/c1-6(2)9(10)4-8-5-11-7(3)12-8/h5-6,9H,4,10H2,1-3H3,(H,11,12). The molecule has 0 amide bonds. The van der Waals surface area contributed by atoms with E-state index in [9.17, 15) is 0 Å². The van der Waals surface area contributed by atoms with Gasteiger partial charge in [0.2, 0.25) is 0 Å². The molecule has 3 N–H and O–H groups in total. The maximum atomic E-state index is 5.91. The van der Waals surface area contributed by atoms with Crippen molar-refractivity contribution in [3.63, 3.8) is 0 Å². The molecule has 1 atom stereocenters. The lowest BCUT2D eigenvalue weighted by Gasteiger charge is -2.13. The van der Waals surface area contributed by atoms with Crippen molar-refractivity contribution in [3.05, 3.63) is 17.7 Å². The van der Waals surface area contributed by atoms with Gasteiger partial charge in [-0.2, -0.15) is 0 Å². The summed E-state index contributed by atoms with van der Waals surface area (Å²) in [7, 11) is 0. The minimum absolute atomic E-state index is 0.227. The highest BCUT2D eigenvalue weighted by molar-refractivity contribution is 5.02. The van der Waals surface area contributed by atoms with E-state index in [1.54, 1.807) is 0 Å². The molecule has 0 aliphatic heterocycles. The Balaban J connectivity index is 2.52. The van der Waals surface area contributed by atoms with Crippen LogP contribution in [0.3, 0.4) is 0 Å². The number of rotatable bonds is 3. The molecule has 68 valence electrons. The van der Waals surface area contributed by atoms with Gasteiger partial charge in [-0.25, -0.2) is 4.98 Å². The number of nitrogens with zero attached hydrogens (tertiary/aromatic N) is 1. The summed E-state index contributed by atoms with van der Waals surface area (Å²) in [6.45, 7) is 6.21. The monoisotopic (exact) mass is 167 g/mol. The van der Waals surface area contributed by atoms with Gasteiger partial charge < -0.3 is 10.7 Å². The quantitative estimate of drug-likeness (QED) is 0.711. The van der Waals surface area contributed by atoms with Crippen LogP contribution in [0.2, 0.25) is 0 Å². The number of aryl methyl sites for hydroxylation is 1. The van der Waals surface area contributed by atoms with Crippen LogP contribution in [0, 0.1) is 12.8 Å². The lowest BCUT2D eigenvalue weighted by molar-refractivity contribution is 0.487. The van der Waals surface area contributed by atoms with Crippen molar-refractivity contribution in [2.75, 3.05) is 0 Å². The number of imidazole rings is 1. The number of hydrogen-bond acceptors (Lipinski definition) is 2. The second-order valence-corrected chi connectivity index (χ2v) is 3.61. The summed E-state index contributed by atoms with van der Waals surface area (Å²) in [5, 5.41) is 0. The van der Waals surface area contributed by atoms with E-state index in [4.69, 9.17) is 5.73 Å². The predicted octanol–water partition coefficient (Wildman–Crippen LogP) is 1.24. The molecule has 3 nitrogen and oxygen atoms in total. The minimum atomic E-state index is 0.227. The Kier molecular flexibility index (Phi) is 2.87. The molecule has 1 unspecified atom stereocenters. The van der Waals surface area contributed by atoms with Crippen LogP contribution in [-0.4, -0.2) is 16.0 Å². The van der Waals surface area contributed by atoms with Crippen molar-refractivity contribution in [1.82, 2.24) is 9.97 Å². The second-order valence-electron chi connectivity index (χ2n) is 3.61. The van der Waals surface area contributed by atoms with E-state index in [0.29, 0.717) is 5.92 Å². The summed E-state index contributed by atoms with van der Waals surface area (Å²) in [4.78, 5) is 7.29. The van der Waals surface area contributed by atoms with E-state index in [2.05, 4.69) is 23.8 Å². The Labute approximate surface area is 73.4 Å². The Hall–Kier alpha value is -0.830. The Morgan fingerprint density at radius 1 is 1.58 bits per heavy atom. The smallest absolute Gasteiger partial charge is 0.103 e. The Morgan fingerprint density at radius 3 is 2.67 bits per heavy atom. The van der Waals surface area contributed by atoms with Gasteiger partial charge >= 0.3 is 0 Å². The average Bonchev–Trinajstić information content (AvgIpc) is 2.35. The molecule has 1 heterocycles. The zero-order valence-corrected chi connectivity index (χ0v) is 7.96. The molecule has 0 fully saturated rings. The summed E-state index contributed by atoms with van der Waals surface area (Å²) < 4.78 is 0. The number of aromatic amines is 1. The molecule has 0 aliphatic rings. The van der Waals surface area contributed by atoms with Crippen LogP contribution in [-0.2, 0) is 6.42 Å². The molecule has 0 bridgehead atoms. The molecule has 1 aromatic rings. The van der Waals surface area contributed by atoms with Crippen molar-refractivity contribution < 1.29 is 0 Å². The summed E-state index contributed by atoms with van der Waals surface area (Å²) in [5.74, 6) is 1.48. The largest absolute Gasteiger partial charge is 0.346 e. The third-order valence-electron chi connectivity index (χ3n) is 2.07. The number of aromatic nitrogens is 2. The van der Waals surface area contributed by atoms with Gasteiger partial charge in [-0.05, 0) is 12.8 Å². The third-order valence-corrected chi connectivity index (χ3v) is 2.07.